The number of benzene rings is 1. The second-order valence-electron chi connectivity index (χ2n) is 3.53. The third-order valence-electron chi connectivity index (χ3n) is 1.93. The number of anilines is 1. The van der Waals surface area contributed by atoms with Gasteiger partial charge in [0.1, 0.15) is 11.5 Å². The van der Waals surface area contributed by atoms with Gasteiger partial charge in [0.05, 0.1) is 0 Å². The molecule has 0 fully saturated rings. The van der Waals surface area contributed by atoms with Crippen LogP contribution in [0.3, 0.4) is 0 Å². The second kappa shape index (κ2) is 5.81. The molecule has 0 saturated carbocycles. The SMILES string of the molecule is C=C(C)/C=C\C(=C)Oc1cccc(NC)c1. The first kappa shape index (κ1) is 12.1. The van der Waals surface area contributed by atoms with Gasteiger partial charge in [-0.15, -0.1) is 0 Å². The van der Waals surface area contributed by atoms with Crippen LogP contribution in [0.1, 0.15) is 6.92 Å². The molecular weight excluding hydrogens is 198 g/mol. The summed E-state index contributed by atoms with van der Waals surface area (Å²) in [5.74, 6) is 1.36. The lowest BCUT2D eigenvalue weighted by Gasteiger charge is -2.07. The molecule has 0 aliphatic rings. The number of hydrogen-bond acceptors (Lipinski definition) is 2. The van der Waals surface area contributed by atoms with Gasteiger partial charge in [-0.3, -0.25) is 0 Å². The zero-order valence-electron chi connectivity index (χ0n) is 9.79. The van der Waals surface area contributed by atoms with Crippen molar-refractivity contribution in [1.29, 1.82) is 0 Å². The summed E-state index contributed by atoms with van der Waals surface area (Å²) in [7, 11) is 1.87. The van der Waals surface area contributed by atoms with Gasteiger partial charge in [-0.1, -0.05) is 30.9 Å². The van der Waals surface area contributed by atoms with Gasteiger partial charge in [0.2, 0.25) is 0 Å². The Bertz CT molecular complexity index is 418. The molecule has 16 heavy (non-hydrogen) atoms. The van der Waals surface area contributed by atoms with E-state index in [0.717, 1.165) is 17.0 Å². The normalized spacial score (nSPS) is 10.1. The van der Waals surface area contributed by atoms with E-state index in [9.17, 15) is 0 Å². The molecule has 0 radical (unpaired) electrons. The predicted octanol–water partition coefficient (Wildman–Crippen LogP) is 3.75. The lowest BCUT2D eigenvalue weighted by Crippen LogP contribution is -1.92. The summed E-state index contributed by atoms with van der Waals surface area (Å²) >= 11 is 0. The van der Waals surface area contributed by atoms with Gasteiger partial charge in [-0.05, 0) is 25.1 Å². The number of ether oxygens (including phenoxy) is 1. The van der Waals surface area contributed by atoms with E-state index in [1.807, 2.05) is 44.3 Å². The molecule has 0 amide bonds. The van der Waals surface area contributed by atoms with Crippen LogP contribution in [-0.4, -0.2) is 7.05 Å². The molecule has 2 nitrogen and oxygen atoms in total. The van der Waals surface area contributed by atoms with Crippen LogP contribution >= 0.6 is 0 Å². The van der Waals surface area contributed by atoms with E-state index in [-0.39, 0.29) is 0 Å². The third-order valence-corrected chi connectivity index (χ3v) is 1.93. The summed E-state index contributed by atoms with van der Waals surface area (Å²) in [5.41, 5.74) is 1.97. The van der Waals surface area contributed by atoms with Crippen LogP contribution in [0.4, 0.5) is 5.69 Å². The molecule has 0 atom stereocenters. The van der Waals surface area contributed by atoms with E-state index in [0.29, 0.717) is 5.76 Å². The van der Waals surface area contributed by atoms with E-state index >= 15 is 0 Å². The Morgan fingerprint density at radius 1 is 1.31 bits per heavy atom. The van der Waals surface area contributed by atoms with Crippen LogP contribution in [0.15, 0.2) is 60.9 Å². The summed E-state index contributed by atoms with van der Waals surface area (Å²) in [6, 6.07) is 7.71. The van der Waals surface area contributed by atoms with Gasteiger partial charge in [-0.25, -0.2) is 0 Å². The molecule has 0 unspecified atom stereocenters. The Labute approximate surface area is 96.9 Å². The number of rotatable bonds is 5. The standard InChI is InChI=1S/C14H17NO/c1-11(2)8-9-12(3)16-14-7-5-6-13(10-14)15-4/h5-10,15H,1,3H2,2,4H3/b9-8-. The molecule has 0 heterocycles. The van der Waals surface area contributed by atoms with Crippen LogP contribution in [-0.2, 0) is 0 Å². The summed E-state index contributed by atoms with van der Waals surface area (Å²) in [6.45, 7) is 9.50. The topological polar surface area (TPSA) is 21.3 Å². The first-order valence-electron chi connectivity index (χ1n) is 5.10. The highest BCUT2D eigenvalue weighted by atomic mass is 16.5. The number of hydrogen-bond donors (Lipinski definition) is 1. The Kier molecular flexibility index (Phi) is 4.40. The average molecular weight is 215 g/mol. The lowest BCUT2D eigenvalue weighted by atomic mass is 10.3. The van der Waals surface area contributed by atoms with E-state index in [2.05, 4.69) is 18.5 Å². The van der Waals surface area contributed by atoms with Crippen molar-refractivity contribution < 1.29 is 4.74 Å². The summed E-state index contributed by atoms with van der Waals surface area (Å²) in [4.78, 5) is 0. The van der Waals surface area contributed by atoms with Gasteiger partial charge >= 0.3 is 0 Å². The van der Waals surface area contributed by atoms with Crippen LogP contribution in [0.25, 0.3) is 0 Å². The maximum atomic E-state index is 5.54. The zero-order chi connectivity index (χ0) is 12.0. The molecule has 0 spiro atoms. The Morgan fingerprint density at radius 2 is 2.06 bits per heavy atom. The molecule has 1 aromatic rings. The Balaban J connectivity index is 2.65. The van der Waals surface area contributed by atoms with E-state index in [4.69, 9.17) is 4.74 Å². The molecule has 1 N–H and O–H groups in total. The van der Waals surface area contributed by atoms with Crippen LogP contribution in [0.2, 0.25) is 0 Å². The molecule has 0 aromatic heterocycles. The molecule has 0 aliphatic heterocycles. The fraction of sp³-hybridized carbons (Fsp3) is 0.143. The van der Waals surface area contributed by atoms with Gasteiger partial charge < -0.3 is 10.1 Å². The number of allylic oxidation sites excluding steroid dienone is 3. The lowest BCUT2D eigenvalue weighted by molar-refractivity contribution is 0.447. The van der Waals surface area contributed by atoms with Crippen molar-refractivity contribution in [1.82, 2.24) is 0 Å². The smallest absolute Gasteiger partial charge is 0.129 e. The molecule has 1 aromatic carbocycles. The fourth-order valence-electron chi connectivity index (χ4n) is 1.14. The minimum absolute atomic E-state index is 0.594. The number of nitrogens with one attached hydrogen (secondary N) is 1. The zero-order valence-corrected chi connectivity index (χ0v) is 9.79. The van der Waals surface area contributed by atoms with Crippen LogP contribution in [0, 0.1) is 0 Å². The summed E-state index contributed by atoms with van der Waals surface area (Å²) in [6.07, 6.45) is 3.67. The highest BCUT2D eigenvalue weighted by molar-refractivity contribution is 5.48. The predicted molar refractivity (Wildman–Crippen MR) is 69.7 cm³/mol. The van der Waals surface area contributed by atoms with Crippen molar-refractivity contribution in [3.63, 3.8) is 0 Å². The van der Waals surface area contributed by atoms with Crippen molar-refractivity contribution >= 4 is 5.69 Å². The van der Waals surface area contributed by atoms with Gasteiger partial charge in [0.15, 0.2) is 0 Å². The quantitative estimate of drug-likeness (QED) is 0.596. The Morgan fingerprint density at radius 3 is 2.69 bits per heavy atom. The fourth-order valence-corrected chi connectivity index (χ4v) is 1.14. The Hall–Kier alpha value is -1.96. The molecule has 0 aliphatic carbocycles. The maximum Gasteiger partial charge on any atom is 0.129 e. The molecule has 0 saturated heterocycles. The van der Waals surface area contributed by atoms with Crippen molar-refractivity contribution in [3.8, 4) is 5.75 Å². The third kappa shape index (κ3) is 4.05. The van der Waals surface area contributed by atoms with Crippen LogP contribution < -0.4 is 10.1 Å². The van der Waals surface area contributed by atoms with Gasteiger partial charge in [0, 0.05) is 18.8 Å². The maximum absolute atomic E-state index is 5.54. The summed E-state index contributed by atoms with van der Waals surface area (Å²) in [5, 5.41) is 3.05. The molecular formula is C14H17NO. The molecule has 0 bridgehead atoms. The summed E-state index contributed by atoms with van der Waals surface area (Å²) < 4.78 is 5.54. The first-order valence-corrected chi connectivity index (χ1v) is 5.10. The average Bonchev–Trinajstić information content (AvgIpc) is 2.26. The van der Waals surface area contributed by atoms with Crippen molar-refractivity contribution in [2.24, 2.45) is 0 Å². The van der Waals surface area contributed by atoms with Crippen molar-refractivity contribution in [2.45, 2.75) is 6.92 Å². The first-order chi connectivity index (χ1) is 7.61. The largest absolute Gasteiger partial charge is 0.458 e. The van der Waals surface area contributed by atoms with E-state index in [1.54, 1.807) is 6.08 Å². The van der Waals surface area contributed by atoms with Gasteiger partial charge in [0.25, 0.3) is 0 Å². The minimum atomic E-state index is 0.594. The van der Waals surface area contributed by atoms with E-state index in [1.165, 1.54) is 0 Å². The van der Waals surface area contributed by atoms with Crippen LogP contribution in [0.5, 0.6) is 5.75 Å². The minimum Gasteiger partial charge on any atom is -0.458 e. The second-order valence-corrected chi connectivity index (χ2v) is 3.53. The highest BCUT2D eigenvalue weighted by Gasteiger charge is 1.96. The van der Waals surface area contributed by atoms with Crippen molar-refractivity contribution in [2.75, 3.05) is 12.4 Å². The highest BCUT2D eigenvalue weighted by Crippen LogP contribution is 2.18. The van der Waals surface area contributed by atoms with E-state index < -0.39 is 0 Å². The monoisotopic (exact) mass is 215 g/mol. The van der Waals surface area contributed by atoms with Crippen molar-refractivity contribution in [3.05, 3.63) is 60.9 Å². The molecule has 1 rings (SSSR count). The van der Waals surface area contributed by atoms with Gasteiger partial charge in [-0.2, -0.15) is 0 Å². The molecule has 2 heteroatoms. The molecule has 84 valence electrons.